The van der Waals surface area contributed by atoms with Crippen molar-refractivity contribution in [2.45, 2.75) is 19.4 Å². The van der Waals surface area contributed by atoms with E-state index in [-0.39, 0.29) is 11.8 Å². The van der Waals surface area contributed by atoms with Crippen molar-refractivity contribution in [3.05, 3.63) is 62.1 Å². The largest absolute Gasteiger partial charge is 0.326 e. The number of nitrogens with zero attached hydrogens (tertiary/aromatic N) is 1. The van der Waals surface area contributed by atoms with Gasteiger partial charge in [-0.3, -0.25) is 9.69 Å². The predicted octanol–water partition coefficient (Wildman–Crippen LogP) is 6.15. The SMILES string of the molecule is O=C(Nc1ccc(Cl)c(Cl)c1)[C@H]1CCCN(Cc2c(Cl)cccc2Cl)C1. The number of hydrogen-bond donors (Lipinski definition) is 1. The molecule has 138 valence electrons. The van der Waals surface area contributed by atoms with E-state index in [9.17, 15) is 4.79 Å². The number of benzene rings is 2. The molecule has 0 radical (unpaired) electrons. The lowest BCUT2D eigenvalue weighted by atomic mass is 9.96. The summed E-state index contributed by atoms with van der Waals surface area (Å²) in [5.74, 6) is -0.113. The molecule has 1 atom stereocenters. The first-order valence-electron chi connectivity index (χ1n) is 8.35. The molecule has 26 heavy (non-hydrogen) atoms. The molecule has 1 saturated heterocycles. The minimum absolute atomic E-state index is 0.0154. The van der Waals surface area contributed by atoms with Crippen LogP contribution in [0.15, 0.2) is 36.4 Å². The van der Waals surface area contributed by atoms with Crippen LogP contribution in [0.2, 0.25) is 20.1 Å². The first kappa shape index (κ1) is 19.8. The van der Waals surface area contributed by atoms with E-state index in [1.165, 1.54) is 0 Å². The van der Waals surface area contributed by atoms with Crippen molar-refractivity contribution >= 4 is 58.0 Å². The van der Waals surface area contributed by atoms with E-state index in [1.807, 2.05) is 18.2 Å². The van der Waals surface area contributed by atoms with Gasteiger partial charge >= 0.3 is 0 Å². The van der Waals surface area contributed by atoms with Crippen molar-refractivity contribution in [1.29, 1.82) is 0 Å². The summed E-state index contributed by atoms with van der Waals surface area (Å²) < 4.78 is 0. The maximum Gasteiger partial charge on any atom is 0.228 e. The summed E-state index contributed by atoms with van der Waals surface area (Å²) in [5, 5.41) is 5.11. The topological polar surface area (TPSA) is 32.3 Å². The van der Waals surface area contributed by atoms with Crippen molar-refractivity contribution in [3.63, 3.8) is 0 Å². The van der Waals surface area contributed by atoms with Gasteiger partial charge in [-0.15, -0.1) is 0 Å². The number of carbonyl (C=O) groups excluding carboxylic acids is 1. The first-order chi connectivity index (χ1) is 12.4. The zero-order valence-corrected chi connectivity index (χ0v) is 17.0. The summed E-state index contributed by atoms with van der Waals surface area (Å²) in [5.41, 5.74) is 1.55. The molecule has 0 unspecified atom stereocenters. The second kappa shape index (κ2) is 8.81. The van der Waals surface area contributed by atoms with E-state index in [0.29, 0.717) is 38.9 Å². The molecule has 0 bridgehead atoms. The van der Waals surface area contributed by atoms with Crippen molar-refractivity contribution < 1.29 is 4.79 Å². The Morgan fingerprint density at radius 1 is 1.04 bits per heavy atom. The minimum atomic E-state index is -0.0977. The number of piperidine rings is 1. The van der Waals surface area contributed by atoms with E-state index in [0.717, 1.165) is 24.9 Å². The number of hydrogen-bond acceptors (Lipinski definition) is 2. The first-order valence-corrected chi connectivity index (χ1v) is 9.86. The second-order valence-corrected chi connectivity index (χ2v) is 8.02. The molecule has 1 aliphatic heterocycles. The van der Waals surface area contributed by atoms with E-state index in [2.05, 4.69) is 10.2 Å². The normalized spacial score (nSPS) is 17.9. The Bertz CT molecular complexity index is 792. The minimum Gasteiger partial charge on any atom is -0.326 e. The third-order valence-electron chi connectivity index (χ3n) is 4.51. The monoisotopic (exact) mass is 430 g/mol. The summed E-state index contributed by atoms with van der Waals surface area (Å²) in [6.45, 7) is 2.21. The Hall–Kier alpha value is -0.970. The van der Waals surface area contributed by atoms with E-state index in [1.54, 1.807) is 18.2 Å². The van der Waals surface area contributed by atoms with Gasteiger partial charge in [0.2, 0.25) is 5.91 Å². The summed E-state index contributed by atoms with van der Waals surface area (Å²) in [6, 6.07) is 10.6. The summed E-state index contributed by atoms with van der Waals surface area (Å²) in [7, 11) is 0. The molecule has 3 nitrogen and oxygen atoms in total. The Morgan fingerprint density at radius 2 is 1.77 bits per heavy atom. The lowest BCUT2D eigenvalue weighted by Crippen LogP contribution is -2.40. The molecule has 2 aromatic carbocycles. The number of carbonyl (C=O) groups is 1. The molecule has 0 spiro atoms. The number of anilines is 1. The average Bonchev–Trinajstić information content (AvgIpc) is 2.62. The summed E-state index contributed by atoms with van der Waals surface area (Å²) in [6.07, 6.45) is 1.79. The van der Waals surface area contributed by atoms with Gasteiger partial charge in [-0.2, -0.15) is 0 Å². The molecule has 0 aromatic heterocycles. The maximum atomic E-state index is 12.6. The van der Waals surface area contributed by atoms with Crippen LogP contribution in [0, 0.1) is 5.92 Å². The molecule has 2 aromatic rings. The van der Waals surface area contributed by atoms with Gasteiger partial charge in [0.15, 0.2) is 0 Å². The molecule has 1 aliphatic rings. The highest BCUT2D eigenvalue weighted by Crippen LogP contribution is 2.29. The lowest BCUT2D eigenvalue weighted by Gasteiger charge is -2.32. The quantitative estimate of drug-likeness (QED) is 0.629. The standard InChI is InChI=1S/C19H18Cl4N2O/c20-15-4-1-5-16(21)14(15)11-25-8-2-3-12(10-25)19(26)24-13-6-7-17(22)18(23)9-13/h1,4-7,9,12H,2-3,8,10-11H2,(H,24,26)/t12-/m0/s1. The average molecular weight is 432 g/mol. The highest BCUT2D eigenvalue weighted by molar-refractivity contribution is 6.42. The fraction of sp³-hybridized carbons (Fsp3) is 0.316. The van der Waals surface area contributed by atoms with Crippen LogP contribution in [0.3, 0.4) is 0 Å². The van der Waals surface area contributed by atoms with Crippen LogP contribution in [0.4, 0.5) is 5.69 Å². The van der Waals surface area contributed by atoms with E-state index < -0.39 is 0 Å². The van der Waals surface area contributed by atoms with E-state index in [4.69, 9.17) is 46.4 Å². The number of amides is 1. The summed E-state index contributed by atoms with van der Waals surface area (Å²) >= 11 is 24.5. The highest BCUT2D eigenvalue weighted by atomic mass is 35.5. The van der Waals surface area contributed by atoms with Crippen molar-refractivity contribution in [2.75, 3.05) is 18.4 Å². The van der Waals surface area contributed by atoms with Gasteiger partial charge in [0.05, 0.1) is 16.0 Å². The van der Waals surface area contributed by atoms with Gasteiger partial charge in [0.1, 0.15) is 0 Å². The molecule has 7 heteroatoms. The van der Waals surface area contributed by atoms with Crippen LogP contribution in [0.5, 0.6) is 0 Å². The predicted molar refractivity (Wildman–Crippen MR) is 110 cm³/mol. The molecule has 1 N–H and O–H groups in total. The summed E-state index contributed by atoms with van der Waals surface area (Å²) in [4.78, 5) is 14.8. The van der Waals surface area contributed by atoms with Crippen LogP contribution < -0.4 is 5.32 Å². The fourth-order valence-electron chi connectivity index (χ4n) is 3.14. The Morgan fingerprint density at radius 3 is 2.46 bits per heavy atom. The highest BCUT2D eigenvalue weighted by Gasteiger charge is 2.26. The Labute approximate surface area is 173 Å². The van der Waals surface area contributed by atoms with Crippen LogP contribution >= 0.6 is 46.4 Å². The number of halogens is 4. The van der Waals surface area contributed by atoms with Crippen LogP contribution in [0.25, 0.3) is 0 Å². The smallest absolute Gasteiger partial charge is 0.228 e. The number of rotatable bonds is 4. The zero-order chi connectivity index (χ0) is 18.7. The molecule has 1 fully saturated rings. The Kier molecular flexibility index (Phi) is 6.70. The number of likely N-dealkylation sites (tertiary alicyclic amines) is 1. The molecule has 3 rings (SSSR count). The third-order valence-corrected chi connectivity index (χ3v) is 5.95. The number of nitrogens with one attached hydrogen (secondary N) is 1. The van der Waals surface area contributed by atoms with Crippen LogP contribution in [0.1, 0.15) is 18.4 Å². The van der Waals surface area contributed by atoms with Gasteiger partial charge in [-0.1, -0.05) is 52.5 Å². The molecule has 0 saturated carbocycles. The molecular weight excluding hydrogens is 414 g/mol. The van der Waals surface area contributed by atoms with Crippen molar-refractivity contribution in [3.8, 4) is 0 Å². The van der Waals surface area contributed by atoms with Gasteiger partial charge in [-0.25, -0.2) is 0 Å². The zero-order valence-electron chi connectivity index (χ0n) is 13.9. The maximum absolute atomic E-state index is 12.6. The van der Waals surface area contributed by atoms with Gasteiger partial charge in [-0.05, 0) is 49.7 Å². The second-order valence-electron chi connectivity index (χ2n) is 6.39. The fourth-order valence-corrected chi connectivity index (χ4v) is 3.95. The van der Waals surface area contributed by atoms with Crippen LogP contribution in [-0.2, 0) is 11.3 Å². The van der Waals surface area contributed by atoms with E-state index >= 15 is 0 Å². The van der Waals surface area contributed by atoms with Gasteiger partial charge < -0.3 is 5.32 Å². The van der Waals surface area contributed by atoms with Crippen molar-refractivity contribution in [2.24, 2.45) is 5.92 Å². The molecule has 1 amide bonds. The van der Waals surface area contributed by atoms with Gasteiger partial charge in [0.25, 0.3) is 0 Å². The Balaban J connectivity index is 1.64. The van der Waals surface area contributed by atoms with Gasteiger partial charge in [0, 0.05) is 34.4 Å². The lowest BCUT2D eigenvalue weighted by molar-refractivity contribution is -0.121. The molecular formula is C19H18Cl4N2O. The molecule has 0 aliphatic carbocycles. The van der Waals surface area contributed by atoms with Crippen LogP contribution in [-0.4, -0.2) is 23.9 Å². The third kappa shape index (κ3) is 4.85. The van der Waals surface area contributed by atoms with Crippen molar-refractivity contribution in [1.82, 2.24) is 4.90 Å². The molecule has 1 heterocycles.